The normalized spacial score (nSPS) is 17.9. The topological polar surface area (TPSA) is 111 Å². The number of hydrogen-bond acceptors (Lipinski definition) is 5. The number of nitrogens with zero attached hydrogens (tertiary/aromatic N) is 2. The second kappa shape index (κ2) is 8.30. The minimum atomic E-state index is -1.00. The molecule has 1 saturated carbocycles. The summed E-state index contributed by atoms with van der Waals surface area (Å²) in [4.78, 5) is 40.5. The number of benzene rings is 1. The zero-order valence-electron chi connectivity index (χ0n) is 15.2. The molecule has 0 bridgehead atoms. The van der Waals surface area contributed by atoms with Crippen molar-refractivity contribution >= 4 is 11.9 Å². The third kappa shape index (κ3) is 4.42. The number of amides is 1. The molecule has 9 heteroatoms. The fourth-order valence-electron chi connectivity index (χ4n) is 2.73. The third-order valence-corrected chi connectivity index (χ3v) is 4.43. The smallest absolute Gasteiger partial charge is 0.309 e. The molecule has 0 saturated heterocycles. The Morgan fingerprint density at radius 2 is 2.07 bits per heavy atom. The van der Waals surface area contributed by atoms with Gasteiger partial charge < -0.3 is 5.11 Å². The van der Waals surface area contributed by atoms with Crippen LogP contribution in [0.15, 0.2) is 35.1 Å². The summed E-state index contributed by atoms with van der Waals surface area (Å²) < 4.78 is 14.7. The number of hydroxylamine groups is 1. The zero-order chi connectivity index (χ0) is 20.3. The molecular weight excluding hydrogens is 369 g/mol. The lowest BCUT2D eigenvalue weighted by Gasteiger charge is -2.14. The largest absolute Gasteiger partial charge is 0.481 e. The first-order valence-corrected chi connectivity index (χ1v) is 8.98. The summed E-state index contributed by atoms with van der Waals surface area (Å²) >= 11 is 0. The average molecular weight is 389 g/mol. The van der Waals surface area contributed by atoms with Gasteiger partial charge in [0.1, 0.15) is 5.82 Å². The summed E-state index contributed by atoms with van der Waals surface area (Å²) in [6.45, 7) is 2.01. The summed E-state index contributed by atoms with van der Waals surface area (Å²) in [5.74, 6) is -2.94. The first-order valence-electron chi connectivity index (χ1n) is 8.98. The predicted molar refractivity (Wildman–Crippen MR) is 96.5 cm³/mol. The van der Waals surface area contributed by atoms with Crippen LogP contribution < -0.4 is 10.9 Å². The van der Waals surface area contributed by atoms with E-state index < -0.39 is 40.8 Å². The van der Waals surface area contributed by atoms with E-state index in [1.165, 1.54) is 35.0 Å². The highest BCUT2D eigenvalue weighted by Gasteiger charge is 2.45. The fourth-order valence-corrected chi connectivity index (χ4v) is 2.73. The van der Waals surface area contributed by atoms with Gasteiger partial charge in [-0.2, -0.15) is 5.10 Å². The molecule has 1 heterocycles. The maximum absolute atomic E-state index is 13.2. The standard InChI is InChI=1S/C19H20FN3O5/c1-2-3-4-13-9-15(24)17(18(25)22-28-16-10-14(16)19(26)27)21-23(13)12-7-5-11(20)6-8-12/h5-9,14,16H,2-4,10H2,1H3,(H,22,25)(H,26,27). The highest BCUT2D eigenvalue weighted by molar-refractivity contribution is 5.91. The van der Waals surface area contributed by atoms with Gasteiger partial charge in [0.25, 0.3) is 5.91 Å². The summed E-state index contributed by atoms with van der Waals surface area (Å²) in [6.07, 6.45) is 1.95. The van der Waals surface area contributed by atoms with Crippen molar-refractivity contribution < 1.29 is 23.9 Å². The Morgan fingerprint density at radius 3 is 2.68 bits per heavy atom. The van der Waals surface area contributed by atoms with Crippen molar-refractivity contribution in [3.8, 4) is 5.69 Å². The van der Waals surface area contributed by atoms with E-state index in [9.17, 15) is 18.8 Å². The molecule has 3 rings (SSSR count). The van der Waals surface area contributed by atoms with Gasteiger partial charge >= 0.3 is 5.97 Å². The van der Waals surface area contributed by atoms with E-state index in [1.54, 1.807) is 0 Å². The van der Waals surface area contributed by atoms with Crippen molar-refractivity contribution in [2.75, 3.05) is 0 Å². The Morgan fingerprint density at radius 1 is 1.36 bits per heavy atom. The molecule has 1 aromatic heterocycles. The van der Waals surface area contributed by atoms with Crippen molar-refractivity contribution in [3.63, 3.8) is 0 Å². The number of unbranched alkanes of at least 4 members (excludes halogenated alkanes) is 1. The maximum atomic E-state index is 13.2. The van der Waals surface area contributed by atoms with Crippen molar-refractivity contribution in [2.24, 2.45) is 5.92 Å². The fraction of sp³-hybridized carbons (Fsp3) is 0.368. The van der Waals surface area contributed by atoms with Crippen LogP contribution >= 0.6 is 0 Å². The number of aliphatic carboxylic acids is 1. The highest BCUT2D eigenvalue weighted by atomic mass is 19.1. The van der Waals surface area contributed by atoms with Gasteiger partial charge in [0, 0.05) is 11.8 Å². The molecule has 2 unspecified atom stereocenters. The van der Waals surface area contributed by atoms with Crippen LogP contribution in [0.2, 0.25) is 0 Å². The molecule has 1 amide bonds. The molecule has 8 nitrogen and oxygen atoms in total. The monoisotopic (exact) mass is 389 g/mol. The average Bonchev–Trinajstić information content (AvgIpc) is 3.45. The van der Waals surface area contributed by atoms with Gasteiger partial charge in [0.15, 0.2) is 5.69 Å². The first kappa shape index (κ1) is 19.7. The van der Waals surface area contributed by atoms with E-state index in [0.29, 0.717) is 24.2 Å². The molecule has 0 spiro atoms. The van der Waals surface area contributed by atoms with Crippen molar-refractivity contribution in [1.82, 2.24) is 15.3 Å². The SMILES string of the molecule is CCCCc1cc(=O)c(C(=O)NOC2CC2C(=O)O)nn1-c1ccc(F)cc1. The van der Waals surface area contributed by atoms with Gasteiger partial charge in [0.2, 0.25) is 5.43 Å². The lowest BCUT2D eigenvalue weighted by atomic mass is 10.1. The Labute approximate surface area is 159 Å². The van der Waals surface area contributed by atoms with Crippen LogP contribution in [0.1, 0.15) is 42.4 Å². The second-order valence-corrected chi connectivity index (χ2v) is 6.61. The molecule has 28 heavy (non-hydrogen) atoms. The zero-order valence-corrected chi connectivity index (χ0v) is 15.2. The molecule has 148 valence electrons. The maximum Gasteiger partial charge on any atom is 0.309 e. The molecule has 2 atom stereocenters. The van der Waals surface area contributed by atoms with E-state index in [1.807, 2.05) is 6.92 Å². The van der Waals surface area contributed by atoms with E-state index in [2.05, 4.69) is 10.6 Å². The second-order valence-electron chi connectivity index (χ2n) is 6.61. The minimum Gasteiger partial charge on any atom is -0.481 e. The first-order chi connectivity index (χ1) is 13.4. The Hall–Kier alpha value is -3.07. The van der Waals surface area contributed by atoms with E-state index in [4.69, 9.17) is 9.94 Å². The van der Waals surface area contributed by atoms with Gasteiger partial charge in [-0.25, -0.2) is 14.6 Å². The van der Waals surface area contributed by atoms with Crippen molar-refractivity contribution in [2.45, 2.75) is 38.7 Å². The van der Waals surface area contributed by atoms with Crippen LogP contribution in [0.5, 0.6) is 0 Å². The summed E-state index contributed by atoms with van der Waals surface area (Å²) in [5, 5.41) is 13.0. The lowest BCUT2D eigenvalue weighted by Crippen LogP contribution is -2.33. The number of carbonyl (C=O) groups excluding carboxylic acids is 1. The number of halogens is 1. The van der Waals surface area contributed by atoms with Crippen LogP contribution in [-0.2, 0) is 16.1 Å². The summed E-state index contributed by atoms with van der Waals surface area (Å²) in [6, 6.07) is 6.86. The van der Waals surface area contributed by atoms with Gasteiger partial charge in [-0.05, 0) is 43.5 Å². The van der Waals surface area contributed by atoms with E-state index >= 15 is 0 Å². The number of carboxylic acid groups (broad SMARTS) is 1. The molecule has 1 aromatic carbocycles. The molecular formula is C19H20FN3O5. The number of nitrogens with one attached hydrogen (secondary N) is 1. The summed E-state index contributed by atoms with van der Waals surface area (Å²) in [5.41, 5.74) is 2.25. The van der Waals surface area contributed by atoms with Gasteiger partial charge in [-0.15, -0.1) is 0 Å². The molecule has 0 aliphatic heterocycles. The quantitative estimate of drug-likeness (QED) is 0.667. The van der Waals surface area contributed by atoms with Gasteiger partial charge in [-0.1, -0.05) is 13.3 Å². The predicted octanol–water partition coefficient (Wildman–Crippen LogP) is 1.85. The third-order valence-electron chi connectivity index (χ3n) is 4.43. The van der Waals surface area contributed by atoms with Crippen LogP contribution in [0.25, 0.3) is 5.69 Å². The van der Waals surface area contributed by atoms with Crippen LogP contribution in [0.3, 0.4) is 0 Å². The molecule has 2 aromatic rings. The van der Waals surface area contributed by atoms with Gasteiger partial charge in [-0.3, -0.25) is 19.2 Å². The number of aromatic nitrogens is 2. The molecule has 0 radical (unpaired) electrons. The number of carbonyl (C=O) groups is 2. The van der Waals surface area contributed by atoms with Crippen LogP contribution in [-0.4, -0.2) is 32.9 Å². The highest BCUT2D eigenvalue weighted by Crippen LogP contribution is 2.32. The van der Waals surface area contributed by atoms with E-state index in [-0.39, 0.29) is 0 Å². The molecule has 2 N–H and O–H groups in total. The summed E-state index contributed by atoms with van der Waals surface area (Å²) in [7, 11) is 0. The number of aryl methyl sites for hydroxylation is 1. The number of rotatable bonds is 8. The van der Waals surface area contributed by atoms with Crippen molar-refractivity contribution in [1.29, 1.82) is 0 Å². The van der Waals surface area contributed by atoms with Crippen LogP contribution in [0.4, 0.5) is 4.39 Å². The molecule has 1 aliphatic carbocycles. The minimum absolute atomic E-state index is 0.290. The number of carboxylic acids is 1. The Bertz CT molecular complexity index is 942. The van der Waals surface area contributed by atoms with E-state index in [0.717, 1.165) is 12.8 Å². The molecule has 1 fully saturated rings. The van der Waals surface area contributed by atoms with Crippen LogP contribution in [0, 0.1) is 11.7 Å². The Kier molecular flexibility index (Phi) is 5.84. The number of hydrogen-bond donors (Lipinski definition) is 2. The Balaban J connectivity index is 1.85. The lowest BCUT2D eigenvalue weighted by molar-refractivity contribution is -0.140. The van der Waals surface area contributed by atoms with Gasteiger partial charge in [0.05, 0.1) is 17.7 Å². The molecule has 1 aliphatic rings. The van der Waals surface area contributed by atoms with Crippen molar-refractivity contribution in [3.05, 3.63) is 57.8 Å².